The largest absolute Gasteiger partial charge is 0.457 e. The minimum absolute atomic E-state index is 0.268. The Kier molecular flexibility index (Phi) is 30.5. The van der Waals surface area contributed by atoms with Gasteiger partial charge in [0.15, 0.2) is 0 Å². The van der Waals surface area contributed by atoms with E-state index in [-0.39, 0.29) is 5.97 Å². The van der Waals surface area contributed by atoms with Gasteiger partial charge in [-0.25, -0.2) is 4.79 Å². The van der Waals surface area contributed by atoms with Crippen LogP contribution in [0.1, 0.15) is 188 Å². The van der Waals surface area contributed by atoms with Crippen molar-refractivity contribution >= 4 is 5.97 Å². The molecule has 0 aliphatic carbocycles. The summed E-state index contributed by atoms with van der Waals surface area (Å²) >= 11 is 0. The van der Waals surface area contributed by atoms with Gasteiger partial charge in [-0.3, -0.25) is 0 Å². The normalized spacial score (nSPS) is 11.7. The van der Waals surface area contributed by atoms with Gasteiger partial charge in [0.1, 0.15) is 13.2 Å². The number of rotatable bonds is 33. The Labute approximate surface area is 252 Å². The highest BCUT2D eigenvalue weighted by atomic mass is 16.5. The van der Waals surface area contributed by atoms with Crippen LogP contribution in [0.15, 0.2) is 12.7 Å². The first kappa shape index (κ1) is 39.2. The quantitative estimate of drug-likeness (QED) is 0.0343. The summed E-state index contributed by atoms with van der Waals surface area (Å²) in [4.78, 5) is 11.8. The van der Waals surface area contributed by atoms with Gasteiger partial charge in [-0.15, -0.1) is 0 Å². The van der Waals surface area contributed by atoms with Crippen LogP contribution >= 0.6 is 0 Å². The summed E-state index contributed by atoms with van der Waals surface area (Å²) in [5, 5.41) is 0. The van der Waals surface area contributed by atoms with E-state index in [0.717, 1.165) is 11.0 Å². The van der Waals surface area contributed by atoms with E-state index in [4.69, 9.17) is 4.74 Å². The van der Waals surface area contributed by atoms with Crippen molar-refractivity contribution in [3.05, 3.63) is 12.7 Å². The molecule has 0 aromatic carbocycles. The summed E-state index contributed by atoms with van der Waals surface area (Å²) in [6.07, 6.45) is 37.2. The Morgan fingerprint density at radius 2 is 0.750 bits per heavy atom. The van der Waals surface area contributed by atoms with Crippen molar-refractivity contribution in [1.82, 2.24) is 0 Å². The molecule has 0 atom stereocenters. The Balaban J connectivity index is 4.73. The molecule has 0 unspecified atom stereocenters. The zero-order chi connectivity index (χ0) is 29.4. The molecule has 3 heteroatoms. The molecule has 0 aromatic heterocycles. The number of hydrogen-bond acceptors (Lipinski definition) is 2. The third-order valence-corrected chi connectivity index (χ3v) is 8.93. The molecular formula is C37H74NO2+. The smallest absolute Gasteiger partial charge is 0.330 e. The second-order valence-electron chi connectivity index (χ2n) is 12.7. The van der Waals surface area contributed by atoms with Gasteiger partial charge < -0.3 is 9.22 Å². The van der Waals surface area contributed by atoms with Crippen LogP contribution in [0.2, 0.25) is 0 Å². The third-order valence-electron chi connectivity index (χ3n) is 8.93. The molecule has 0 saturated heterocycles. The molecule has 0 amide bonds. The fourth-order valence-corrected chi connectivity index (χ4v) is 6.17. The van der Waals surface area contributed by atoms with E-state index in [1.807, 2.05) is 0 Å². The lowest BCUT2D eigenvalue weighted by Gasteiger charge is -2.39. The highest BCUT2D eigenvalue weighted by Gasteiger charge is 2.26. The first-order valence-electron chi connectivity index (χ1n) is 18.3. The molecular weight excluding hydrogens is 490 g/mol. The molecule has 40 heavy (non-hydrogen) atoms. The highest BCUT2D eigenvalue weighted by Crippen LogP contribution is 2.19. The average Bonchev–Trinajstić information content (AvgIpc) is 2.96. The predicted molar refractivity (Wildman–Crippen MR) is 178 cm³/mol. The maximum atomic E-state index is 11.8. The summed E-state index contributed by atoms with van der Waals surface area (Å²) < 4.78 is 6.69. The second kappa shape index (κ2) is 31.1. The summed E-state index contributed by atoms with van der Waals surface area (Å²) in [6, 6.07) is 0. The van der Waals surface area contributed by atoms with Gasteiger partial charge >= 0.3 is 5.97 Å². The number of ether oxygens (including phenoxy) is 1. The fourth-order valence-electron chi connectivity index (χ4n) is 6.17. The molecule has 0 heterocycles. The number of unbranched alkanes of at least 4 members (excludes halogenated alkanes) is 23. The van der Waals surface area contributed by atoms with Crippen LogP contribution in [0.25, 0.3) is 0 Å². The Morgan fingerprint density at radius 1 is 0.475 bits per heavy atom. The summed E-state index contributed by atoms with van der Waals surface area (Å²) in [5.41, 5.74) is 0. The zero-order valence-corrected chi connectivity index (χ0v) is 28.0. The van der Waals surface area contributed by atoms with Crippen LogP contribution in [-0.2, 0) is 9.53 Å². The molecule has 0 aromatic rings. The molecule has 0 bridgehead atoms. The van der Waals surface area contributed by atoms with E-state index in [2.05, 4.69) is 27.4 Å². The highest BCUT2D eigenvalue weighted by molar-refractivity contribution is 5.81. The summed E-state index contributed by atoms with van der Waals surface area (Å²) in [7, 11) is 0. The predicted octanol–water partition coefficient (Wildman–Crippen LogP) is 11.7. The van der Waals surface area contributed by atoms with E-state index in [1.165, 1.54) is 193 Å². The molecule has 0 rings (SSSR count). The average molecular weight is 565 g/mol. The monoisotopic (exact) mass is 565 g/mol. The number of nitrogens with zero attached hydrogens (tertiary/aromatic N) is 1. The number of carbonyl (C=O) groups excluding carboxylic acids is 1. The Hall–Kier alpha value is -0.830. The number of carbonyl (C=O) groups is 1. The van der Waals surface area contributed by atoms with Crippen molar-refractivity contribution in [3.8, 4) is 0 Å². The minimum Gasteiger partial charge on any atom is -0.457 e. The van der Waals surface area contributed by atoms with Crippen molar-refractivity contribution < 1.29 is 14.0 Å². The van der Waals surface area contributed by atoms with Gasteiger partial charge in [0.2, 0.25) is 0 Å². The van der Waals surface area contributed by atoms with E-state index < -0.39 is 0 Å². The van der Waals surface area contributed by atoms with Gasteiger partial charge in [0.05, 0.1) is 19.6 Å². The van der Waals surface area contributed by atoms with E-state index in [0.29, 0.717) is 6.61 Å². The van der Waals surface area contributed by atoms with E-state index >= 15 is 0 Å². The lowest BCUT2D eigenvalue weighted by molar-refractivity contribution is -0.929. The van der Waals surface area contributed by atoms with Gasteiger partial charge in [0.25, 0.3) is 0 Å². The van der Waals surface area contributed by atoms with Crippen molar-refractivity contribution in [1.29, 1.82) is 0 Å². The molecule has 0 N–H and O–H groups in total. The molecule has 0 saturated carbocycles. The van der Waals surface area contributed by atoms with Crippen LogP contribution in [0, 0.1) is 0 Å². The van der Waals surface area contributed by atoms with Crippen LogP contribution < -0.4 is 0 Å². The first-order valence-corrected chi connectivity index (χ1v) is 18.3. The minimum atomic E-state index is -0.268. The first-order chi connectivity index (χ1) is 19.6. The SMILES string of the molecule is C=CC(=O)OCC[N+](CCCCCCCC)(CCCCCCCCCCCC)CCCCCCCCCCCC. The van der Waals surface area contributed by atoms with E-state index in [1.54, 1.807) is 0 Å². The summed E-state index contributed by atoms with van der Waals surface area (Å²) in [6.45, 7) is 15.8. The van der Waals surface area contributed by atoms with Crippen molar-refractivity contribution in [2.75, 3.05) is 32.8 Å². The topological polar surface area (TPSA) is 26.3 Å². The van der Waals surface area contributed by atoms with Crippen molar-refractivity contribution in [3.63, 3.8) is 0 Å². The van der Waals surface area contributed by atoms with Crippen LogP contribution in [0.3, 0.4) is 0 Å². The van der Waals surface area contributed by atoms with Crippen molar-refractivity contribution in [2.45, 2.75) is 188 Å². The van der Waals surface area contributed by atoms with Gasteiger partial charge in [0, 0.05) is 6.08 Å². The number of esters is 1. The van der Waals surface area contributed by atoms with Crippen LogP contribution in [-0.4, -0.2) is 43.2 Å². The standard InChI is InChI=1S/C37H74NO2/c1-5-9-12-15-18-20-22-24-27-30-33-38(35-36-40-37(39)8-4,32-29-26-17-14-11-7-3)34-31-28-25-23-21-19-16-13-10-6-2/h8H,4-7,9-36H2,1-3H3/q+1. The molecule has 0 fully saturated rings. The van der Waals surface area contributed by atoms with Crippen LogP contribution in [0.5, 0.6) is 0 Å². The van der Waals surface area contributed by atoms with Gasteiger partial charge in [-0.1, -0.05) is 156 Å². The molecule has 0 aliphatic heterocycles. The number of hydrogen-bond donors (Lipinski definition) is 0. The van der Waals surface area contributed by atoms with Gasteiger partial charge in [-0.2, -0.15) is 0 Å². The van der Waals surface area contributed by atoms with Crippen molar-refractivity contribution in [2.24, 2.45) is 0 Å². The zero-order valence-electron chi connectivity index (χ0n) is 28.0. The molecule has 238 valence electrons. The lowest BCUT2D eigenvalue weighted by atomic mass is 10.0. The second-order valence-corrected chi connectivity index (χ2v) is 12.7. The maximum absolute atomic E-state index is 11.8. The molecule has 0 radical (unpaired) electrons. The maximum Gasteiger partial charge on any atom is 0.330 e. The Bertz CT molecular complexity index is 508. The van der Waals surface area contributed by atoms with Crippen LogP contribution in [0.4, 0.5) is 0 Å². The lowest BCUT2D eigenvalue weighted by Crippen LogP contribution is -2.52. The van der Waals surface area contributed by atoms with E-state index in [9.17, 15) is 4.79 Å². The number of quaternary nitrogens is 1. The summed E-state index contributed by atoms with van der Waals surface area (Å²) in [5.74, 6) is -0.268. The Morgan fingerprint density at radius 3 is 1.02 bits per heavy atom. The van der Waals surface area contributed by atoms with Gasteiger partial charge in [-0.05, 0) is 38.5 Å². The third kappa shape index (κ3) is 26.1. The molecule has 3 nitrogen and oxygen atoms in total. The molecule has 0 aliphatic rings. The fraction of sp³-hybridized carbons (Fsp3) is 0.919. The molecule has 0 spiro atoms.